The zero-order valence-electron chi connectivity index (χ0n) is 20.7. The molecule has 1 saturated heterocycles. The minimum atomic E-state index is -3.60. The van der Waals surface area contributed by atoms with Crippen LogP contribution in [0.2, 0.25) is 0 Å². The van der Waals surface area contributed by atoms with Gasteiger partial charge in [-0.05, 0) is 47.7 Å². The highest BCUT2D eigenvalue weighted by atomic mass is 32.2. The van der Waals surface area contributed by atoms with E-state index in [1.807, 2.05) is 17.0 Å². The maximum Gasteiger partial charge on any atom is 0.253 e. The van der Waals surface area contributed by atoms with E-state index in [4.69, 9.17) is 0 Å². The van der Waals surface area contributed by atoms with Gasteiger partial charge in [-0.3, -0.25) is 14.7 Å². The lowest BCUT2D eigenvalue weighted by Crippen LogP contribution is -2.48. The number of fused-ring (bicyclic) bond motifs is 1. The number of sulfone groups is 1. The summed E-state index contributed by atoms with van der Waals surface area (Å²) in [6, 6.07) is 24.2. The predicted molar refractivity (Wildman–Crippen MR) is 148 cm³/mol. The fraction of sp³-hybridized carbons (Fsp3) is 0.241. The first-order valence-electron chi connectivity index (χ1n) is 12.2. The molecule has 8 heteroatoms. The number of amides is 1. The van der Waals surface area contributed by atoms with Gasteiger partial charge in [-0.25, -0.2) is 8.42 Å². The summed E-state index contributed by atoms with van der Waals surface area (Å²) in [4.78, 5) is 23.2. The number of thioether (sulfide) groups is 1. The van der Waals surface area contributed by atoms with Crippen LogP contribution in [0.5, 0.6) is 0 Å². The van der Waals surface area contributed by atoms with Crippen molar-refractivity contribution in [1.29, 1.82) is 0 Å². The Labute approximate surface area is 222 Å². The standard InChI is InChI=1S/C29H29N3O3S2/c1-36-26-9-3-2-6-25(26)20-31-16-18-32(19-17-31)29(33)24-13-11-22(12-14-24)21-37(34,35)27-10-4-7-23-8-5-15-30-28(23)27/h2-15H,16-21H2,1H3. The molecule has 1 fully saturated rings. The average molecular weight is 532 g/mol. The van der Waals surface area contributed by atoms with Gasteiger partial charge in [0, 0.05) is 54.8 Å². The molecular formula is C29H29N3O3S2. The van der Waals surface area contributed by atoms with Crippen LogP contribution in [0.3, 0.4) is 0 Å². The fourth-order valence-corrected chi connectivity index (χ4v) is 6.88. The number of piperazine rings is 1. The Kier molecular flexibility index (Phi) is 7.60. The van der Waals surface area contributed by atoms with Gasteiger partial charge in [0.25, 0.3) is 5.91 Å². The van der Waals surface area contributed by atoms with Gasteiger partial charge in [-0.2, -0.15) is 0 Å². The third-order valence-electron chi connectivity index (χ3n) is 6.73. The Hall–Kier alpha value is -3.20. The minimum absolute atomic E-state index is 0.0168. The number of hydrogen-bond acceptors (Lipinski definition) is 6. The van der Waals surface area contributed by atoms with Crippen molar-refractivity contribution in [3.63, 3.8) is 0 Å². The van der Waals surface area contributed by atoms with Crippen LogP contribution in [-0.4, -0.2) is 61.5 Å². The van der Waals surface area contributed by atoms with E-state index in [9.17, 15) is 13.2 Å². The van der Waals surface area contributed by atoms with E-state index in [-0.39, 0.29) is 16.6 Å². The Morgan fingerprint density at radius 1 is 0.892 bits per heavy atom. The van der Waals surface area contributed by atoms with Crippen LogP contribution in [0.25, 0.3) is 10.9 Å². The number of aromatic nitrogens is 1. The molecule has 1 aliphatic heterocycles. The number of para-hydroxylation sites is 1. The van der Waals surface area contributed by atoms with Crippen molar-refractivity contribution >= 4 is 38.4 Å². The van der Waals surface area contributed by atoms with Gasteiger partial charge in [0.15, 0.2) is 9.84 Å². The van der Waals surface area contributed by atoms with Gasteiger partial charge in [0.1, 0.15) is 0 Å². The van der Waals surface area contributed by atoms with Crippen LogP contribution in [0.1, 0.15) is 21.5 Å². The van der Waals surface area contributed by atoms with Crippen LogP contribution < -0.4 is 0 Å². The Balaban J connectivity index is 1.21. The average Bonchev–Trinajstić information content (AvgIpc) is 2.93. The van der Waals surface area contributed by atoms with Crippen LogP contribution in [0, 0.1) is 0 Å². The summed E-state index contributed by atoms with van der Waals surface area (Å²) in [5.41, 5.74) is 3.02. The first-order valence-corrected chi connectivity index (χ1v) is 15.1. The Morgan fingerprint density at radius 2 is 1.62 bits per heavy atom. The molecule has 0 atom stereocenters. The van der Waals surface area contributed by atoms with Crippen molar-refractivity contribution in [3.05, 3.63) is 102 Å². The van der Waals surface area contributed by atoms with E-state index < -0.39 is 9.84 Å². The van der Waals surface area contributed by atoms with Gasteiger partial charge >= 0.3 is 0 Å². The lowest BCUT2D eigenvalue weighted by molar-refractivity contribution is 0.0627. The van der Waals surface area contributed by atoms with E-state index in [0.29, 0.717) is 29.7 Å². The zero-order chi connectivity index (χ0) is 25.8. The van der Waals surface area contributed by atoms with Gasteiger partial charge in [0.2, 0.25) is 0 Å². The molecule has 2 heterocycles. The van der Waals surface area contributed by atoms with E-state index in [0.717, 1.165) is 25.0 Å². The lowest BCUT2D eigenvalue weighted by Gasteiger charge is -2.35. The monoisotopic (exact) mass is 531 g/mol. The molecule has 4 aromatic rings. The summed E-state index contributed by atoms with van der Waals surface area (Å²) in [6.07, 6.45) is 3.70. The van der Waals surface area contributed by atoms with Gasteiger partial charge in [-0.15, -0.1) is 11.8 Å². The number of hydrogen-bond donors (Lipinski definition) is 0. The van der Waals surface area contributed by atoms with Crippen molar-refractivity contribution in [1.82, 2.24) is 14.8 Å². The van der Waals surface area contributed by atoms with Crippen LogP contribution in [0.15, 0.2) is 94.9 Å². The summed E-state index contributed by atoms with van der Waals surface area (Å²) in [6.45, 7) is 3.87. The number of nitrogens with zero attached hydrogens (tertiary/aromatic N) is 3. The van der Waals surface area contributed by atoms with E-state index >= 15 is 0 Å². The summed E-state index contributed by atoms with van der Waals surface area (Å²) < 4.78 is 26.3. The topological polar surface area (TPSA) is 70.6 Å². The molecule has 1 aromatic heterocycles. The first-order chi connectivity index (χ1) is 17.9. The summed E-state index contributed by atoms with van der Waals surface area (Å²) in [5.74, 6) is -0.162. The minimum Gasteiger partial charge on any atom is -0.336 e. The normalized spacial score (nSPS) is 14.7. The first kappa shape index (κ1) is 25.4. The quantitative estimate of drug-likeness (QED) is 0.316. The van der Waals surface area contributed by atoms with Crippen LogP contribution >= 0.6 is 11.8 Å². The molecule has 6 nitrogen and oxygen atoms in total. The molecule has 1 amide bonds. The smallest absolute Gasteiger partial charge is 0.253 e. The van der Waals surface area contributed by atoms with Crippen molar-refractivity contribution < 1.29 is 13.2 Å². The second kappa shape index (κ2) is 11.0. The Morgan fingerprint density at radius 3 is 2.38 bits per heavy atom. The molecule has 0 radical (unpaired) electrons. The van der Waals surface area contributed by atoms with Gasteiger partial charge in [-0.1, -0.05) is 48.5 Å². The number of carbonyl (C=O) groups excluding carboxylic acids is 1. The highest BCUT2D eigenvalue weighted by molar-refractivity contribution is 7.98. The molecule has 0 saturated carbocycles. The maximum atomic E-state index is 13.2. The van der Waals surface area contributed by atoms with E-state index in [1.54, 1.807) is 60.4 Å². The molecule has 5 rings (SSSR count). The molecule has 190 valence electrons. The fourth-order valence-electron chi connectivity index (χ4n) is 4.73. The lowest BCUT2D eigenvalue weighted by atomic mass is 10.1. The third-order valence-corrected chi connectivity index (χ3v) is 9.29. The van der Waals surface area contributed by atoms with E-state index in [2.05, 4.69) is 40.4 Å². The largest absolute Gasteiger partial charge is 0.336 e. The number of pyridine rings is 1. The molecule has 0 aliphatic carbocycles. The SMILES string of the molecule is CSc1ccccc1CN1CCN(C(=O)c2ccc(CS(=O)(=O)c3cccc4cccnc34)cc2)CC1. The van der Waals surface area contributed by atoms with Gasteiger partial charge in [0.05, 0.1) is 16.2 Å². The second-order valence-corrected chi connectivity index (χ2v) is 12.0. The van der Waals surface area contributed by atoms with Crippen molar-refractivity contribution in [3.8, 4) is 0 Å². The molecular weight excluding hydrogens is 502 g/mol. The molecule has 3 aromatic carbocycles. The number of carbonyl (C=O) groups is 1. The van der Waals surface area contributed by atoms with Crippen molar-refractivity contribution in [2.75, 3.05) is 32.4 Å². The second-order valence-electron chi connectivity index (χ2n) is 9.17. The zero-order valence-corrected chi connectivity index (χ0v) is 22.3. The van der Waals surface area contributed by atoms with E-state index in [1.165, 1.54) is 10.5 Å². The van der Waals surface area contributed by atoms with Gasteiger partial charge < -0.3 is 4.90 Å². The molecule has 0 N–H and O–H groups in total. The van der Waals surface area contributed by atoms with Crippen molar-refractivity contribution in [2.24, 2.45) is 0 Å². The molecule has 1 aliphatic rings. The third kappa shape index (κ3) is 5.71. The molecule has 37 heavy (non-hydrogen) atoms. The van der Waals surface area contributed by atoms with Crippen molar-refractivity contribution in [2.45, 2.75) is 22.1 Å². The highest BCUT2D eigenvalue weighted by Gasteiger charge is 2.23. The highest BCUT2D eigenvalue weighted by Crippen LogP contribution is 2.25. The summed E-state index contributed by atoms with van der Waals surface area (Å²) in [5, 5.41) is 0.790. The van der Waals surface area contributed by atoms with Crippen LogP contribution in [-0.2, 0) is 22.1 Å². The summed E-state index contributed by atoms with van der Waals surface area (Å²) >= 11 is 1.76. The van der Waals surface area contributed by atoms with Crippen LogP contribution in [0.4, 0.5) is 0 Å². The number of benzene rings is 3. The molecule has 0 spiro atoms. The molecule has 0 bridgehead atoms. The predicted octanol–water partition coefficient (Wildman–Crippen LogP) is 4.89. The maximum absolute atomic E-state index is 13.2. The summed E-state index contributed by atoms with van der Waals surface area (Å²) in [7, 11) is -3.60. The molecule has 0 unspecified atom stereocenters. The number of rotatable bonds is 7. The Bertz CT molecular complexity index is 1510.